The summed E-state index contributed by atoms with van der Waals surface area (Å²) in [6, 6.07) is 6.89. The second-order valence-corrected chi connectivity index (χ2v) is 5.95. The first-order valence-corrected chi connectivity index (χ1v) is 7.11. The zero-order chi connectivity index (χ0) is 12.4. The molecule has 0 aromatic heterocycles. The third-order valence-electron chi connectivity index (χ3n) is 4.48. The van der Waals surface area contributed by atoms with Crippen LogP contribution in [0.3, 0.4) is 0 Å². The molecule has 18 heavy (non-hydrogen) atoms. The smallest absolute Gasteiger partial charge is 0.0547 e. The van der Waals surface area contributed by atoms with Crippen molar-refractivity contribution in [1.29, 1.82) is 0 Å². The summed E-state index contributed by atoms with van der Waals surface area (Å²) in [5.41, 5.74) is 4.38. The van der Waals surface area contributed by atoms with Gasteiger partial charge in [-0.3, -0.25) is 0 Å². The van der Waals surface area contributed by atoms with Gasteiger partial charge in [0.15, 0.2) is 0 Å². The van der Waals surface area contributed by atoms with Gasteiger partial charge in [0.05, 0.1) is 13.2 Å². The maximum Gasteiger partial charge on any atom is 0.0547 e. The van der Waals surface area contributed by atoms with Crippen LogP contribution < -0.4 is 0 Å². The summed E-state index contributed by atoms with van der Waals surface area (Å²) in [6.45, 7) is 1.80. The molecule has 1 aromatic rings. The summed E-state index contributed by atoms with van der Waals surface area (Å²) in [7, 11) is 0. The molecule has 1 aliphatic heterocycles. The van der Waals surface area contributed by atoms with Gasteiger partial charge in [0.2, 0.25) is 0 Å². The zero-order valence-corrected chi connectivity index (χ0v) is 11.0. The SMILES string of the molecule is OCC1(Cc2ccc3c(c2)CCC3)CCCOC1. The lowest BCUT2D eigenvalue weighted by Crippen LogP contribution is -2.37. The summed E-state index contributed by atoms with van der Waals surface area (Å²) < 4.78 is 5.58. The van der Waals surface area contributed by atoms with Gasteiger partial charge in [-0.2, -0.15) is 0 Å². The molecule has 2 heteroatoms. The summed E-state index contributed by atoms with van der Waals surface area (Å²) in [5.74, 6) is 0. The molecule has 1 fully saturated rings. The van der Waals surface area contributed by atoms with Crippen molar-refractivity contribution in [2.45, 2.75) is 38.5 Å². The van der Waals surface area contributed by atoms with Crippen LogP contribution in [-0.2, 0) is 24.0 Å². The molecule has 0 saturated carbocycles. The Balaban J connectivity index is 1.78. The van der Waals surface area contributed by atoms with E-state index < -0.39 is 0 Å². The van der Waals surface area contributed by atoms with Crippen molar-refractivity contribution in [2.75, 3.05) is 19.8 Å². The maximum atomic E-state index is 9.72. The van der Waals surface area contributed by atoms with Crippen LogP contribution >= 0.6 is 0 Å². The van der Waals surface area contributed by atoms with Crippen LogP contribution in [0.1, 0.15) is 36.0 Å². The predicted molar refractivity (Wildman–Crippen MR) is 71.7 cm³/mol. The fourth-order valence-corrected chi connectivity index (χ4v) is 3.40. The van der Waals surface area contributed by atoms with Crippen LogP contribution in [0, 0.1) is 5.41 Å². The Bertz CT molecular complexity index is 419. The minimum atomic E-state index is -0.0366. The number of aryl methyl sites for hydroxylation is 2. The largest absolute Gasteiger partial charge is 0.396 e. The number of aliphatic hydroxyl groups excluding tert-OH is 1. The fraction of sp³-hybridized carbons (Fsp3) is 0.625. The first kappa shape index (κ1) is 12.2. The molecule has 0 radical (unpaired) electrons. The van der Waals surface area contributed by atoms with Crippen LogP contribution in [0.4, 0.5) is 0 Å². The van der Waals surface area contributed by atoms with Gasteiger partial charge in [-0.25, -0.2) is 0 Å². The summed E-state index contributed by atoms with van der Waals surface area (Å²) in [5, 5.41) is 9.72. The van der Waals surface area contributed by atoms with E-state index >= 15 is 0 Å². The number of benzene rings is 1. The van der Waals surface area contributed by atoms with Gasteiger partial charge in [0, 0.05) is 12.0 Å². The quantitative estimate of drug-likeness (QED) is 0.888. The van der Waals surface area contributed by atoms with Crippen molar-refractivity contribution < 1.29 is 9.84 Å². The molecule has 0 bridgehead atoms. The van der Waals surface area contributed by atoms with Gasteiger partial charge in [-0.15, -0.1) is 0 Å². The normalized spacial score (nSPS) is 27.2. The molecule has 0 amide bonds. The molecule has 1 unspecified atom stereocenters. The van der Waals surface area contributed by atoms with Crippen LogP contribution in [0.5, 0.6) is 0 Å². The second kappa shape index (κ2) is 5.02. The van der Waals surface area contributed by atoms with E-state index in [1.165, 1.54) is 36.0 Å². The highest BCUT2D eigenvalue weighted by Crippen LogP contribution is 2.33. The molecule has 1 saturated heterocycles. The first-order chi connectivity index (χ1) is 8.81. The van der Waals surface area contributed by atoms with Crippen LogP contribution in [0.2, 0.25) is 0 Å². The first-order valence-electron chi connectivity index (χ1n) is 7.11. The Morgan fingerprint density at radius 1 is 1.17 bits per heavy atom. The highest BCUT2D eigenvalue weighted by Gasteiger charge is 2.32. The molecule has 3 rings (SSSR count). The van der Waals surface area contributed by atoms with Crippen molar-refractivity contribution >= 4 is 0 Å². The molecule has 1 N–H and O–H groups in total. The lowest BCUT2D eigenvalue weighted by molar-refractivity contribution is -0.0379. The van der Waals surface area contributed by atoms with Gasteiger partial charge in [-0.05, 0) is 55.2 Å². The maximum absolute atomic E-state index is 9.72. The minimum Gasteiger partial charge on any atom is -0.396 e. The Morgan fingerprint density at radius 3 is 2.83 bits per heavy atom. The van der Waals surface area contributed by atoms with Crippen molar-refractivity contribution in [3.63, 3.8) is 0 Å². The van der Waals surface area contributed by atoms with Crippen LogP contribution in [0.15, 0.2) is 18.2 Å². The summed E-state index contributed by atoms with van der Waals surface area (Å²) in [6.07, 6.45) is 6.88. The van der Waals surface area contributed by atoms with Gasteiger partial charge < -0.3 is 9.84 Å². The van der Waals surface area contributed by atoms with E-state index in [2.05, 4.69) is 18.2 Å². The number of hydrogen-bond acceptors (Lipinski definition) is 2. The van der Waals surface area contributed by atoms with E-state index in [4.69, 9.17) is 4.74 Å². The molecular weight excluding hydrogens is 224 g/mol. The highest BCUT2D eigenvalue weighted by atomic mass is 16.5. The van der Waals surface area contributed by atoms with Gasteiger partial charge in [0.25, 0.3) is 0 Å². The van der Waals surface area contributed by atoms with Gasteiger partial charge in [-0.1, -0.05) is 18.2 Å². The second-order valence-electron chi connectivity index (χ2n) is 5.95. The summed E-state index contributed by atoms with van der Waals surface area (Å²) in [4.78, 5) is 0. The zero-order valence-electron chi connectivity index (χ0n) is 11.0. The molecule has 2 aliphatic rings. The Labute approximate surface area is 109 Å². The Kier molecular flexibility index (Phi) is 3.40. The molecule has 0 spiro atoms. The fourth-order valence-electron chi connectivity index (χ4n) is 3.40. The molecule has 1 aromatic carbocycles. The lowest BCUT2D eigenvalue weighted by Gasteiger charge is -2.35. The monoisotopic (exact) mass is 246 g/mol. The Morgan fingerprint density at radius 2 is 2.06 bits per heavy atom. The van der Waals surface area contributed by atoms with E-state index in [0.29, 0.717) is 6.61 Å². The van der Waals surface area contributed by atoms with Crippen molar-refractivity contribution in [3.8, 4) is 0 Å². The third-order valence-corrected chi connectivity index (χ3v) is 4.48. The number of ether oxygens (including phenoxy) is 1. The van der Waals surface area contributed by atoms with E-state index in [-0.39, 0.29) is 12.0 Å². The number of hydrogen-bond donors (Lipinski definition) is 1. The van der Waals surface area contributed by atoms with E-state index in [1.807, 2.05) is 0 Å². The molecule has 1 aliphatic carbocycles. The average Bonchev–Trinajstić information content (AvgIpc) is 2.87. The Hall–Kier alpha value is -0.860. The highest BCUT2D eigenvalue weighted by molar-refractivity contribution is 5.35. The summed E-state index contributed by atoms with van der Waals surface area (Å²) >= 11 is 0. The molecule has 1 atom stereocenters. The average molecular weight is 246 g/mol. The minimum absolute atomic E-state index is 0.0366. The standard InChI is InChI=1S/C16H22O2/c17-11-16(7-2-8-18-12-16)10-13-5-6-14-3-1-4-15(14)9-13/h5-6,9,17H,1-4,7-8,10-12H2. The predicted octanol–water partition coefficient (Wildman–Crippen LogP) is 2.51. The van der Waals surface area contributed by atoms with Crippen LogP contribution in [-0.4, -0.2) is 24.9 Å². The molecular formula is C16H22O2. The van der Waals surface area contributed by atoms with Crippen molar-refractivity contribution in [3.05, 3.63) is 34.9 Å². The van der Waals surface area contributed by atoms with Gasteiger partial charge >= 0.3 is 0 Å². The number of rotatable bonds is 3. The molecule has 1 heterocycles. The molecule has 98 valence electrons. The van der Waals surface area contributed by atoms with E-state index in [1.54, 1.807) is 0 Å². The van der Waals surface area contributed by atoms with E-state index in [9.17, 15) is 5.11 Å². The number of aliphatic hydroxyl groups is 1. The van der Waals surface area contributed by atoms with Crippen molar-refractivity contribution in [2.24, 2.45) is 5.41 Å². The molecule has 2 nitrogen and oxygen atoms in total. The topological polar surface area (TPSA) is 29.5 Å². The van der Waals surface area contributed by atoms with Crippen LogP contribution in [0.25, 0.3) is 0 Å². The third kappa shape index (κ3) is 2.32. The van der Waals surface area contributed by atoms with E-state index in [0.717, 1.165) is 25.9 Å². The number of fused-ring (bicyclic) bond motifs is 1. The van der Waals surface area contributed by atoms with Gasteiger partial charge in [0.1, 0.15) is 0 Å². The van der Waals surface area contributed by atoms with Crippen molar-refractivity contribution in [1.82, 2.24) is 0 Å². The lowest BCUT2D eigenvalue weighted by atomic mass is 9.77.